The van der Waals surface area contributed by atoms with E-state index in [2.05, 4.69) is 0 Å². The molecule has 2 rings (SSSR count). The number of halogens is 1. The van der Waals surface area contributed by atoms with Gasteiger partial charge in [-0.3, -0.25) is 0 Å². The molecule has 2 aromatic carbocycles. The van der Waals surface area contributed by atoms with E-state index in [1.807, 2.05) is 38.1 Å². The topological polar surface area (TPSA) is 35.5 Å². The normalized spacial score (nSPS) is 10.2. The van der Waals surface area contributed by atoms with Crippen molar-refractivity contribution in [1.29, 1.82) is 0 Å². The van der Waals surface area contributed by atoms with Crippen LogP contribution in [-0.4, -0.2) is 19.2 Å². The zero-order valence-electron chi connectivity index (χ0n) is 12.1. The number of hydrogen-bond acceptors (Lipinski definition) is 3. The summed E-state index contributed by atoms with van der Waals surface area (Å²) >= 11 is 5.96. The Hall–Kier alpha value is -2.00. The van der Waals surface area contributed by atoms with Gasteiger partial charge in [-0.1, -0.05) is 29.8 Å². The molecule has 0 fully saturated rings. The van der Waals surface area contributed by atoms with Crippen LogP contribution in [0.2, 0.25) is 5.02 Å². The summed E-state index contributed by atoms with van der Waals surface area (Å²) in [5, 5.41) is 0.540. The Bertz CT molecular complexity index is 638. The van der Waals surface area contributed by atoms with Crippen LogP contribution in [-0.2, 0) is 4.74 Å². The van der Waals surface area contributed by atoms with Gasteiger partial charge in [0.15, 0.2) is 0 Å². The van der Waals surface area contributed by atoms with E-state index in [4.69, 9.17) is 21.1 Å². The SMILES string of the molecule is Cc1ccc(C(=O)OCCOc2ccccc2Cl)cc1C. The molecule has 4 heteroatoms. The molecule has 2 aromatic rings. The van der Waals surface area contributed by atoms with Gasteiger partial charge in [0, 0.05) is 0 Å². The van der Waals surface area contributed by atoms with Crippen LogP contribution >= 0.6 is 11.6 Å². The van der Waals surface area contributed by atoms with Gasteiger partial charge in [-0.2, -0.15) is 0 Å². The maximum absolute atomic E-state index is 11.9. The van der Waals surface area contributed by atoms with Crippen molar-refractivity contribution >= 4 is 17.6 Å². The van der Waals surface area contributed by atoms with Crippen molar-refractivity contribution in [2.75, 3.05) is 13.2 Å². The van der Waals surface area contributed by atoms with Crippen LogP contribution in [0.1, 0.15) is 21.5 Å². The van der Waals surface area contributed by atoms with Crippen LogP contribution in [0, 0.1) is 13.8 Å². The van der Waals surface area contributed by atoms with Crippen LogP contribution in [0.4, 0.5) is 0 Å². The summed E-state index contributed by atoms with van der Waals surface area (Å²) in [6.45, 7) is 4.41. The molecule has 0 saturated carbocycles. The first-order valence-corrected chi connectivity index (χ1v) is 7.07. The molecule has 3 nitrogen and oxygen atoms in total. The smallest absolute Gasteiger partial charge is 0.338 e. The van der Waals surface area contributed by atoms with Gasteiger partial charge in [-0.05, 0) is 49.2 Å². The summed E-state index contributed by atoms with van der Waals surface area (Å²) in [5.74, 6) is 0.238. The molecule has 0 unspecified atom stereocenters. The highest BCUT2D eigenvalue weighted by atomic mass is 35.5. The second-order valence-corrected chi connectivity index (χ2v) is 5.12. The highest BCUT2D eigenvalue weighted by Gasteiger charge is 2.08. The van der Waals surface area contributed by atoms with E-state index in [0.29, 0.717) is 16.3 Å². The third kappa shape index (κ3) is 4.23. The summed E-state index contributed by atoms with van der Waals surface area (Å²) in [6, 6.07) is 12.7. The second-order valence-electron chi connectivity index (χ2n) is 4.71. The van der Waals surface area contributed by atoms with Crippen LogP contribution in [0.15, 0.2) is 42.5 Å². The summed E-state index contributed by atoms with van der Waals surface area (Å²) in [5.41, 5.74) is 2.77. The Morgan fingerprint density at radius 3 is 2.52 bits per heavy atom. The molecule has 0 N–H and O–H groups in total. The molecular weight excluding hydrogens is 288 g/mol. The molecule has 0 amide bonds. The van der Waals surface area contributed by atoms with Gasteiger partial charge in [0.25, 0.3) is 0 Å². The average Bonchev–Trinajstić information content (AvgIpc) is 2.48. The van der Waals surface area contributed by atoms with Gasteiger partial charge >= 0.3 is 5.97 Å². The largest absolute Gasteiger partial charge is 0.488 e. The van der Waals surface area contributed by atoms with Crippen LogP contribution in [0.25, 0.3) is 0 Å². The summed E-state index contributed by atoms with van der Waals surface area (Å²) in [6.07, 6.45) is 0. The van der Waals surface area contributed by atoms with Crippen molar-refractivity contribution in [2.45, 2.75) is 13.8 Å². The number of aryl methyl sites for hydroxylation is 2. The number of benzene rings is 2. The van der Waals surface area contributed by atoms with Crippen molar-refractivity contribution in [2.24, 2.45) is 0 Å². The fraction of sp³-hybridized carbons (Fsp3) is 0.235. The number of rotatable bonds is 5. The van der Waals surface area contributed by atoms with E-state index in [9.17, 15) is 4.79 Å². The summed E-state index contributed by atoms with van der Waals surface area (Å²) < 4.78 is 10.6. The minimum atomic E-state index is -0.346. The second kappa shape index (κ2) is 7.14. The fourth-order valence-electron chi connectivity index (χ4n) is 1.80. The first-order chi connectivity index (χ1) is 10.1. The molecule has 0 aliphatic carbocycles. The quantitative estimate of drug-likeness (QED) is 0.613. The fourth-order valence-corrected chi connectivity index (χ4v) is 1.99. The molecule has 0 aliphatic heterocycles. The predicted octanol–water partition coefficient (Wildman–Crippen LogP) is 4.19. The number of ether oxygens (including phenoxy) is 2. The van der Waals surface area contributed by atoms with Crippen molar-refractivity contribution in [3.05, 3.63) is 64.2 Å². The van der Waals surface area contributed by atoms with Gasteiger partial charge in [-0.25, -0.2) is 4.79 Å². The summed E-state index contributed by atoms with van der Waals surface area (Å²) in [4.78, 5) is 11.9. The molecular formula is C17H17ClO3. The third-order valence-corrected chi connectivity index (χ3v) is 3.47. The maximum atomic E-state index is 11.9. The highest BCUT2D eigenvalue weighted by Crippen LogP contribution is 2.22. The molecule has 0 aromatic heterocycles. The van der Waals surface area contributed by atoms with Crippen LogP contribution < -0.4 is 4.74 Å². The lowest BCUT2D eigenvalue weighted by Crippen LogP contribution is -2.12. The molecule has 0 atom stereocenters. The van der Waals surface area contributed by atoms with Crippen molar-refractivity contribution in [3.8, 4) is 5.75 Å². The number of para-hydroxylation sites is 1. The zero-order chi connectivity index (χ0) is 15.2. The molecule has 0 bridgehead atoms. The Morgan fingerprint density at radius 2 is 1.81 bits per heavy atom. The molecule has 0 radical (unpaired) electrons. The van der Waals surface area contributed by atoms with Gasteiger partial charge in [0.05, 0.1) is 10.6 Å². The summed E-state index contributed by atoms with van der Waals surface area (Å²) in [7, 11) is 0. The zero-order valence-corrected chi connectivity index (χ0v) is 12.8. The minimum Gasteiger partial charge on any atom is -0.488 e. The molecule has 0 aliphatic rings. The first kappa shape index (κ1) is 15.4. The lowest BCUT2D eigenvalue weighted by atomic mass is 10.1. The van der Waals surface area contributed by atoms with E-state index in [1.54, 1.807) is 18.2 Å². The Morgan fingerprint density at radius 1 is 1.05 bits per heavy atom. The van der Waals surface area contributed by atoms with Crippen LogP contribution in [0.5, 0.6) is 5.75 Å². The van der Waals surface area contributed by atoms with Gasteiger partial charge in [-0.15, -0.1) is 0 Å². The van der Waals surface area contributed by atoms with E-state index >= 15 is 0 Å². The number of hydrogen-bond donors (Lipinski definition) is 0. The minimum absolute atomic E-state index is 0.178. The van der Waals surface area contributed by atoms with Crippen molar-refractivity contribution in [3.63, 3.8) is 0 Å². The lowest BCUT2D eigenvalue weighted by molar-refractivity contribution is 0.0450. The van der Waals surface area contributed by atoms with Gasteiger partial charge in [0.1, 0.15) is 19.0 Å². The third-order valence-electron chi connectivity index (χ3n) is 3.15. The molecule has 0 spiro atoms. The Kier molecular flexibility index (Phi) is 5.23. The molecule has 0 heterocycles. The Labute approximate surface area is 129 Å². The monoisotopic (exact) mass is 304 g/mol. The lowest BCUT2D eigenvalue weighted by Gasteiger charge is -2.09. The standard InChI is InChI=1S/C17H17ClO3/c1-12-7-8-14(11-13(12)2)17(19)21-10-9-20-16-6-4-3-5-15(16)18/h3-8,11H,9-10H2,1-2H3. The van der Waals surface area contributed by atoms with Gasteiger partial charge in [0.2, 0.25) is 0 Å². The molecule has 110 valence electrons. The number of carbonyl (C=O) groups excluding carboxylic acids is 1. The average molecular weight is 305 g/mol. The van der Waals surface area contributed by atoms with Crippen molar-refractivity contribution in [1.82, 2.24) is 0 Å². The van der Waals surface area contributed by atoms with Crippen LogP contribution in [0.3, 0.4) is 0 Å². The number of esters is 1. The van der Waals surface area contributed by atoms with Crippen molar-refractivity contribution < 1.29 is 14.3 Å². The molecule has 21 heavy (non-hydrogen) atoms. The van der Waals surface area contributed by atoms with E-state index in [0.717, 1.165) is 11.1 Å². The van der Waals surface area contributed by atoms with E-state index < -0.39 is 0 Å². The molecule has 0 saturated heterocycles. The number of carbonyl (C=O) groups is 1. The highest BCUT2D eigenvalue weighted by molar-refractivity contribution is 6.32. The van der Waals surface area contributed by atoms with E-state index in [-0.39, 0.29) is 19.2 Å². The Balaban J connectivity index is 1.82. The maximum Gasteiger partial charge on any atom is 0.338 e. The first-order valence-electron chi connectivity index (χ1n) is 6.69. The van der Waals surface area contributed by atoms with Gasteiger partial charge < -0.3 is 9.47 Å². The van der Waals surface area contributed by atoms with E-state index in [1.165, 1.54) is 0 Å². The predicted molar refractivity (Wildman–Crippen MR) is 83.1 cm³/mol.